The predicted octanol–water partition coefficient (Wildman–Crippen LogP) is 2.39. The molecule has 0 aliphatic carbocycles. The summed E-state index contributed by atoms with van der Waals surface area (Å²) in [7, 11) is 1.69. The molecule has 0 fully saturated rings. The number of nitrogens with zero attached hydrogens (tertiary/aromatic N) is 1. The minimum Gasteiger partial charge on any atom is -0.443 e. The molecule has 4 heteroatoms. The first-order valence-electron chi connectivity index (χ1n) is 6.00. The topological polar surface area (TPSA) is 47.3 Å². The highest BCUT2D eigenvalue weighted by Gasteiger charge is 2.10. The number of benzene rings is 1. The Morgan fingerprint density at radius 3 is 3.06 bits per heavy atom. The number of methoxy groups -OCH3 is 1. The standard InChI is InChI=1S/C14H18N2O2/c1-11-4-3-5-12(8-11)14-13(16-10-18-14)9-15-6-7-17-2/h3-5,8,10,15H,6-7,9H2,1-2H3. The van der Waals surface area contributed by atoms with Crippen molar-refractivity contribution < 1.29 is 9.15 Å². The zero-order valence-corrected chi connectivity index (χ0v) is 10.8. The van der Waals surface area contributed by atoms with Gasteiger partial charge in [0.15, 0.2) is 12.2 Å². The van der Waals surface area contributed by atoms with Gasteiger partial charge in [-0.1, -0.05) is 23.8 Å². The van der Waals surface area contributed by atoms with Gasteiger partial charge in [-0.05, 0) is 13.0 Å². The fraction of sp³-hybridized carbons (Fsp3) is 0.357. The molecule has 4 nitrogen and oxygen atoms in total. The van der Waals surface area contributed by atoms with E-state index in [4.69, 9.17) is 9.15 Å². The summed E-state index contributed by atoms with van der Waals surface area (Å²) >= 11 is 0. The van der Waals surface area contributed by atoms with Crippen LogP contribution in [0, 0.1) is 6.92 Å². The third-order valence-electron chi connectivity index (χ3n) is 2.70. The molecule has 2 aromatic rings. The van der Waals surface area contributed by atoms with E-state index in [-0.39, 0.29) is 0 Å². The molecule has 0 amide bonds. The molecule has 0 aliphatic rings. The Labute approximate surface area is 107 Å². The van der Waals surface area contributed by atoms with Gasteiger partial charge in [-0.25, -0.2) is 4.98 Å². The van der Waals surface area contributed by atoms with Crippen LogP contribution in [0.5, 0.6) is 0 Å². The van der Waals surface area contributed by atoms with E-state index in [1.54, 1.807) is 7.11 Å². The molecule has 96 valence electrons. The molecule has 1 aromatic carbocycles. The maximum Gasteiger partial charge on any atom is 0.181 e. The molecule has 2 rings (SSSR count). The highest BCUT2D eigenvalue weighted by Crippen LogP contribution is 2.23. The number of aryl methyl sites for hydroxylation is 1. The van der Waals surface area contributed by atoms with Gasteiger partial charge >= 0.3 is 0 Å². The summed E-state index contributed by atoms with van der Waals surface area (Å²) in [4.78, 5) is 4.25. The maximum atomic E-state index is 5.48. The summed E-state index contributed by atoms with van der Waals surface area (Å²) in [5.74, 6) is 0.837. The second-order valence-electron chi connectivity index (χ2n) is 4.17. The summed E-state index contributed by atoms with van der Waals surface area (Å²) in [5.41, 5.74) is 3.20. The maximum absolute atomic E-state index is 5.48. The van der Waals surface area contributed by atoms with Crippen LogP contribution in [0.1, 0.15) is 11.3 Å². The first kappa shape index (κ1) is 12.8. The van der Waals surface area contributed by atoms with Gasteiger partial charge in [0.05, 0.1) is 6.61 Å². The first-order chi connectivity index (χ1) is 8.81. The molecule has 0 atom stereocenters. The van der Waals surface area contributed by atoms with E-state index in [9.17, 15) is 0 Å². The summed E-state index contributed by atoms with van der Waals surface area (Å²) in [6, 6.07) is 8.22. The van der Waals surface area contributed by atoms with Gasteiger partial charge in [0.1, 0.15) is 5.69 Å². The van der Waals surface area contributed by atoms with E-state index in [2.05, 4.69) is 29.4 Å². The van der Waals surface area contributed by atoms with Crippen molar-refractivity contribution in [2.24, 2.45) is 0 Å². The smallest absolute Gasteiger partial charge is 0.181 e. The van der Waals surface area contributed by atoms with Crippen molar-refractivity contribution in [3.05, 3.63) is 41.9 Å². The van der Waals surface area contributed by atoms with Crippen LogP contribution in [0.15, 0.2) is 35.1 Å². The van der Waals surface area contributed by atoms with Crippen molar-refractivity contribution in [3.8, 4) is 11.3 Å². The lowest BCUT2D eigenvalue weighted by Gasteiger charge is -2.04. The first-order valence-corrected chi connectivity index (χ1v) is 6.00. The van der Waals surface area contributed by atoms with E-state index in [0.717, 1.165) is 23.6 Å². The lowest BCUT2D eigenvalue weighted by molar-refractivity contribution is 0.199. The monoisotopic (exact) mass is 246 g/mol. The number of hydrogen-bond donors (Lipinski definition) is 1. The zero-order chi connectivity index (χ0) is 12.8. The highest BCUT2D eigenvalue weighted by atomic mass is 16.5. The van der Waals surface area contributed by atoms with Gasteiger partial charge in [-0.2, -0.15) is 0 Å². The Balaban J connectivity index is 2.08. The average molecular weight is 246 g/mol. The summed E-state index contributed by atoms with van der Waals surface area (Å²) in [5, 5.41) is 3.27. The van der Waals surface area contributed by atoms with Crippen molar-refractivity contribution in [1.82, 2.24) is 10.3 Å². The van der Waals surface area contributed by atoms with Gasteiger partial charge in [0, 0.05) is 25.8 Å². The summed E-state index contributed by atoms with van der Waals surface area (Å²) < 4.78 is 10.5. The second-order valence-corrected chi connectivity index (χ2v) is 4.17. The lowest BCUT2D eigenvalue weighted by atomic mass is 10.1. The Hall–Kier alpha value is -1.65. The number of aromatic nitrogens is 1. The van der Waals surface area contributed by atoms with E-state index in [1.807, 2.05) is 12.1 Å². The second kappa shape index (κ2) is 6.33. The third-order valence-corrected chi connectivity index (χ3v) is 2.70. The molecule has 18 heavy (non-hydrogen) atoms. The SMILES string of the molecule is COCCNCc1ncoc1-c1cccc(C)c1. The van der Waals surface area contributed by atoms with Crippen LogP contribution in [-0.4, -0.2) is 25.2 Å². The minimum absolute atomic E-state index is 0.684. The van der Waals surface area contributed by atoms with Crippen molar-refractivity contribution in [1.29, 1.82) is 0 Å². The molecule has 0 spiro atoms. The van der Waals surface area contributed by atoms with Crippen LogP contribution < -0.4 is 5.32 Å². The van der Waals surface area contributed by atoms with Crippen molar-refractivity contribution in [2.75, 3.05) is 20.3 Å². The number of oxazole rings is 1. The predicted molar refractivity (Wildman–Crippen MR) is 70.3 cm³/mol. The van der Waals surface area contributed by atoms with Gasteiger partial charge in [0.25, 0.3) is 0 Å². The largest absolute Gasteiger partial charge is 0.443 e. The zero-order valence-electron chi connectivity index (χ0n) is 10.8. The normalized spacial score (nSPS) is 10.8. The summed E-state index contributed by atoms with van der Waals surface area (Å²) in [6.07, 6.45) is 1.49. The minimum atomic E-state index is 0.684. The molecule has 1 aromatic heterocycles. The molecule has 0 saturated heterocycles. The van der Waals surface area contributed by atoms with Crippen molar-refractivity contribution >= 4 is 0 Å². The molecule has 0 saturated carbocycles. The van der Waals surface area contributed by atoms with Crippen LogP contribution >= 0.6 is 0 Å². The Morgan fingerprint density at radius 1 is 1.39 bits per heavy atom. The Bertz CT molecular complexity index is 494. The molecule has 1 heterocycles. The average Bonchev–Trinajstić information content (AvgIpc) is 2.83. The van der Waals surface area contributed by atoms with Crippen LogP contribution in [0.2, 0.25) is 0 Å². The number of nitrogens with one attached hydrogen (secondary N) is 1. The van der Waals surface area contributed by atoms with Gasteiger partial charge < -0.3 is 14.5 Å². The van der Waals surface area contributed by atoms with E-state index in [1.165, 1.54) is 12.0 Å². The fourth-order valence-electron chi connectivity index (χ4n) is 1.80. The molecule has 0 unspecified atom stereocenters. The van der Waals surface area contributed by atoms with Gasteiger partial charge in [-0.3, -0.25) is 0 Å². The summed E-state index contributed by atoms with van der Waals surface area (Å²) in [6.45, 7) is 4.24. The number of ether oxygens (including phenoxy) is 1. The van der Waals surface area contributed by atoms with Crippen LogP contribution in [0.4, 0.5) is 0 Å². The van der Waals surface area contributed by atoms with Gasteiger partial charge in [0.2, 0.25) is 0 Å². The van der Waals surface area contributed by atoms with E-state index >= 15 is 0 Å². The number of rotatable bonds is 6. The number of hydrogen-bond acceptors (Lipinski definition) is 4. The van der Waals surface area contributed by atoms with Crippen LogP contribution in [0.3, 0.4) is 0 Å². The van der Waals surface area contributed by atoms with E-state index in [0.29, 0.717) is 13.2 Å². The van der Waals surface area contributed by atoms with Gasteiger partial charge in [-0.15, -0.1) is 0 Å². The van der Waals surface area contributed by atoms with Crippen LogP contribution in [0.25, 0.3) is 11.3 Å². The third kappa shape index (κ3) is 3.18. The fourth-order valence-corrected chi connectivity index (χ4v) is 1.80. The molecule has 0 aliphatic heterocycles. The van der Waals surface area contributed by atoms with E-state index < -0.39 is 0 Å². The van der Waals surface area contributed by atoms with Crippen molar-refractivity contribution in [2.45, 2.75) is 13.5 Å². The molecule has 0 radical (unpaired) electrons. The Morgan fingerprint density at radius 2 is 2.28 bits per heavy atom. The van der Waals surface area contributed by atoms with Crippen molar-refractivity contribution in [3.63, 3.8) is 0 Å². The highest BCUT2D eigenvalue weighted by molar-refractivity contribution is 5.60. The van der Waals surface area contributed by atoms with Crippen LogP contribution in [-0.2, 0) is 11.3 Å². The molecular formula is C14H18N2O2. The lowest BCUT2D eigenvalue weighted by Crippen LogP contribution is -2.19. The quantitative estimate of drug-likeness (QED) is 0.795. The molecular weight excluding hydrogens is 228 g/mol. The Kier molecular flexibility index (Phi) is 4.50. The molecule has 0 bridgehead atoms. The molecule has 1 N–H and O–H groups in total.